The molecule has 0 radical (unpaired) electrons. The molecule has 4 atom stereocenters. The van der Waals surface area contributed by atoms with Crippen molar-refractivity contribution in [3.63, 3.8) is 0 Å². The lowest BCUT2D eigenvalue weighted by molar-refractivity contribution is -0.0179. The molecule has 0 aliphatic carbocycles. The summed E-state index contributed by atoms with van der Waals surface area (Å²) in [5, 5.41) is 8.14. The van der Waals surface area contributed by atoms with E-state index in [1.165, 1.54) is 26.6 Å². The van der Waals surface area contributed by atoms with Crippen molar-refractivity contribution in [1.82, 2.24) is 29.7 Å². The van der Waals surface area contributed by atoms with Gasteiger partial charge in [0.1, 0.15) is 23.4 Å². The summed E-state index contributed by atoms with van der Waals surface area (Å²) in [4.78, 5) is 12.9. The highest BCUT2D eigenvalue weighted by molar-refractivity contribution is 7.91. The van der Waals surface area contributed by atoms with Gasteiger partial charge in [0.05, 0.1) is 29.5 Å². The number of hydrogen-bond donors (Lipinski definition) is 0. The highest BCUT2D eigenvalue weighted by atomic mass is 35.5. The largest absolute Gasteiger partial charge is 0.481 e. The average molecular weight is 565 g/mol. The van der Waals surface area contributed by atoms with Gasteiger partial charge >= 0.3 is 0 Å². The quantitative estimate of drug-likeness (QED) is 0.336. The van der Waals surface area contributed by atoms with Crippen molar-refractivity contribution in [2.75, 3.05) is 20.8 Å². The highest BCUT2D eigenvalue weighted by Gasteiger charge is 2.36. The van der Waals surface area contributed by atoms with E-state index < -0.39 is 21.2 Å². The van der Waals surface area contributed by atoms with Gasteiger partial charge in [0, 0.05) is 32.2 Å². The average Bonchev–Trinajstić information content (AvgIpc) is 3.33. The number of hydrogen-bond acceptors (Lipinski definition) is 10. The Kier molecular flexibility index (Phi) is 9.29. The van der Waals surface area contributed by atoms with Crippen LogP contribution < -0.4 is 4.74 Å². The van der Waals surface area contributed by atoms with Crippen LogP contribution in [0.25, 0.3) is 11.5 Å². The van der Waals surface area contributed by atoms with Crippen LogP contribution in [0.3, 0.4) is 0 Å². The number of ether oxygens (including phenoxy) is 3. The predicted molar refractivity (Wildman–Crippen MR) is 142 cm³/mol. The van der Waals surface area contributed by atoms with E-state index in [9.17, 15) is 8.42 Å². The van der Waals surface area contributed by atoms with Crippen molar-refractivity contribution in [2.24, 2.45) is 0 Å². The molecule has 3 aromatic rings. The lowest BCUT2D eigenvalue weighted by Crippen LogP contribution is -2.33. The molecule has 206 valence electrons. The van der Waals surface area contributed by atoms with E-state index in [-0.39, 0.29) is 23.7 Å². The molecule has 1 aliphatic heterocycles. The molecule has 13 heteroatoms. The highest BCUT2D eigenvalue weighted by Crippen LogP contribution is 2.33. The summed E-state index contributed by atoms with van der Waals surface area (Å²) in [5.74, 6) is 1.07. The first-order chi connectivity index (χ1) is 18.3. The molecule has 0 saturated carbocycles. The molecule has 0 spiro atoms. The Morgan fingerprint density at radius 1 is 1.18 bits per heavy atom. The summed E-state index contributed by atoms with van der Waals surface area (Å²) < 4.78 is 46.3. The zero-order chi connectivity index (χ0) is 27.3. The molecule has 3 aromatic heterocycles. The minimum atomic E-state index is -3.81. The molecule has 0 unspecified atom stereocenters. The second-order valence-corrected chi connectivity index (χ2v) is 12.0. The van der Waals surface area contributed by atoms with Gasteiger partial charge in [-0.2, -0.15) is 0 Å². The van der Waals surface area contributed by atoms with Crippen molar-refractivity contribution >= 4 is 21.4 Å². The van der Waals surface area contributed by atoms with Gasteiger partial charge in [-0.1, -0.05) is 24.6 Å². The van der Waals surface area contributed by atoms with Crippen LogP contribution in [0, 0.1) is 0 Å². The smallest absolute Gasteiger partial charge is 0.213 e. The van der Waals surface area contributed by atoms with Crippen LogP contribution >= 0.6 is 11.6 Å². The molecule has 11 nitrogen and oxygen atoms in total. The van der Waals surface area contributed by atoms with Crippen LogP contribution in [-0.2, 0) is 25.1 Å². The zero-order valence-corrected chi connectivity index (χ0v) is 23.5. The van der Waals surface area contributed by atoms with Crippen LogP contribution in [0.15, 0.2) is 30.6 Å². The van der Waals surface area contributed by atoms with E-state index in [0.29, 0.717) is 41.3 Å². The number of nitrogens with zero attached hydrogens (tertiary/aromatic N) is 6. The Labute approximate surface area is 227 Å². The second kappa shape index (κ2) is 12.5. The third-order valence-corrected chi connectivity index (χ3v) is 9.03. The van der Waals surface area contributed by atoms with Gasteiger partial charge in [-0.05, 0) is 38.7 Å². The molecule has 4 rings (SSSR count). The summed E-state index contributed by atoms with van der Waals surface area (Å²) in [6.45, 7) is 4.29. The van der Waals surface area contributed by atoms with Gasteiger partial charge in [-0.3, -0.25) is 0 Å². The van der Waals surface area contributed by atoms with E-state index in [4.69, 9.17) is 25.8 Å². The van der Waals surface area contributed by atoms with Crippen molar-refractivity contribution in [1.29, 1.82) is 0 Å². The fourth-order valence-electron chi connectivity index (χ4n) is 4.75. The normalized spacial score (nSPS) is 18.6. The van der Waals surface area contributed by atoms with Gasteiger partial charge in [0.15, 0.2) is 21.5 Å². The first-order valence-electron chi connectivity index (χ1n) is 12.6. The molecule has 0 N–H and O–H groups in total. The SMILES string of the molecule is CC[C@@H]([C@H]1CCCCO1)n1c(CS(=O)(=O)[C@@H](C)[C@H](OC)c2ncc(Cl)cn2)nnc1-c1cccc(OC)n1. The van der Waals surface area contributed by atoms with Crippen molar-refractivity contribution in [2.45, 2.75) is 68.8 Å². The minimum Gasteiger partial charge on any atom is -0.481 e. The first-order valence-corrected chi connectivity index (χ1v) is 14.7. The van der Waals surface area contributed by atoms with Gasteiger partial charge in [0.2, 0.25) is 5.88 Å². The lowest BCUT2D eigenvalue weighted by atomic mass is 9.99. The van der Waals surface area contributed by atoms with Crippen molar-refractivity contribution in [3.8, 4) is 17.4 Å². The Balaban J connectivity index is 1.73. The van der Waals surface area contributed by atoms with Gasteiger partial charge in [0.25, 0.3) is 0 Å². The summed E-state index contributed by atoms with van der Waals surface area (Å²) in [5.41, 5.74) is 0.534. The van der Waals surface area contributed by atoms with Crippen molar-refractivity contribution < 1.29 is 22.6 Å². The van der Waals surface area contributed by atoms with E-state index in [1.807, 2.05) is 17.6 Å². The van der Waals surface area contributed by atoms with E-state index in [0.717, 1.165) is 19.3 Å². The Morgan fingerprint density at radius 2 is 1.95 bits per heavy atom. The predicted octanol–water partition coefficient (Wildman–Crippen LogP) is 4.00. The Bertz CT molecular complexity index is 1310. The summed E-state index contributed by atoms with van der Waals surface area (Å²) >= 11 is 5.91. The molecule has 1 saturated heterocycles. The second-order valence-electron chi connectivity index (χ2n) is 9.18. The van der Waals surface area contributed by atoms with Crippen LogP contribution in [0.5, 0.6) is 5.88 Å². The molecule has 1 aliphatic rings. The van der Waals surface area contributed by atoms with Crippen LogP contribution in [0.1, 0.15) is 63.3 Å². The Hall–Kier alpha value is -2.67. The van der Waals surface area contributed by atoms with Gasteiger partial charge in [-0.25, -0.2) is 23.4 Å². The fourth-order valence-corrected chi connectivity index (χ4v) is 6.28. The number of sulfone groups is 1. The summed E-state index contributed by atoms with van der Waals surface area (Å²) in [6.07, 6.45) is 5.44. The molecule has 0 aromatic carbocycles. The monoisotopic (exact) mass is 564 g/mol. The lowest BCUT2D eigenvalue weighted by Gasteiger charge is -2.32. The topological polar surface area (TPSA) is 131 Å². The maximum absolute atomic E-state index is 13.7. The maximum Gasteiger partial charge on any atom is 0.213 e. The first kappa shape index (κ1) is 28.3. The molecular formula is C25H33ClN6O5S. The van der Waals surface area contributed by atoms with Crippen LogP contribution in [0.4, 0.5) is 0 Å². The standard InChI is InChI=1S/C25H33ClN6O5S/c1-5-19(20-10-6-7-12-37-20)32-21(30-31-25(32)18-9-8-11-22(29-18)35-3)15-38(33,34)16(2)23(36-4)24-27-13-17(26)14-28-24/h8-9,11,13-14,16,19-20,23H,5-7,10,12,15H2,1-4H3/t16-,19-,20+,23-/m0/s1. The molecule has 38 heavy (non-hydrogen) atoms. The molecule has 0 amide bonds. The maximum atomic E-state index is 13.7. The van der Waals surface area contributed by atoms with Crippen molar-refractivity contribution in [3.05, 3.63) is 47.3 Å². The molecule has 1 fully saturated rings. The zero-order valence-electron chi connectivity index (χ0n) is 21.9. The number of methoxy groups -OCH3 is 2. The molecule has 0 bridgehead atoms. The number of rotatable bonds is 11. The number of pyridine rings is 1. The summed E-state index contributed by atoms with van der Waals surface area (Å²) in [7, 11) is -0.840. The minimum absolute atomic E-state index is 0.0952. The fraction of sp³-hybridized carbons (Fsp3) is 0.560. The molecular weight excluding hydrogens is 532 g/mol. The molecule has 4 heterocycles. The van der Waals surface area contributed by atoms with Crippen LogP contribution in [-0.4, -0.2) is 70.3 Å². The number of halogens is 1. The third kappa shape index (κ3) is 6.14. The number of aromatic nitrogens is 6. The van der Waals surface area contributed by atoms with Gasteiger partial charge in [-0.15, -0.1) is 10.2 Å². The Morgan fingerprint density at radius 3 is 2.58 bits per heavy atom. The van der Waals surface area contributed by atoms with E-state index in [1.54, 1.807) is 19.1 Å². The van der Waals surface area contributed by atoms with Crippen LogP contribution in [0.2, 0.25) is 5.02 Å². The third-order valence-electron chi connectivity index (χ3n) is 6.79. The summed E-state index contributed by atoms with van der Waals surface area (Å²) in [6, 6.07) is 5.18. The van der Waals surface area contributed by atoms with E-state index >= 15 is 0 Å². The van der Waals surface area contributed by atoms with E-state index in [2.05, 4.69) is 25.1 Å². The van der Waals surface area contributed by atoms with Gasteiger partial charge < -0.3 is 18.8 Å².